The van der Waals surface area contributed by atoms with Crippen LogP contribution in [0.25, 0.3) is 0 Å². The second-order valence-electron chi connectivity index (χ2n) is 7.70. The fraction of sp³-hybridized carbons (Fsp3) is 0.190. The summed E-state index contributed by atoms with van der Waals surface area (Å²) in [5.74, 6) is -0.365. The van der Waals surface area contributed by atoms with Crippen molar-refractivity contribution in [2.75, 3.05) is 24.7 Å². The van der Waals surface area contributed by atoms with Gasteiger partial charge in [-0.1, -0.05) is 11.6 Å². The number of nitrogens with zero attached hydrogens (tertiary/aromatic N) is 3. The lowest BCUT2D eigenvalue weighted by molar-refractivity contribution is -0.135. The van der Waals surface area contributed by atoms with Crippen molar-refractivity contribution in [3.8, 4) is 5.75 Å². The SMILES string of the molecule is CN(C)C(=O)[C@H]1Cc2cc(Nc3nc(Nc4ccc(Cl)c(S(N)(=O)=O)c4)ncc3F)ccc2O1. The molecular formula is C21H20ClFN6O4S. The number of ether oxygens (including phenoxy) is 1. The molecule has 0 fully saturated rings. The van der Waals surface area contributed by atoms with Crippen molar-refractivity contribution in [2.45, 2.75) is 17.4 Å². The number of benzene rings is 2. The first kappa shape index (κ1) is 23.7. The molecule has 178 valence electrons. The molecule has 13 heteroatoms. The Morgan fingerprint density at radius 2 is 1.91 bits per heavy atom. The average Bonchev–Trinajstić information content (AvgIpc) is 3.19. The summed E-state index contributed by atoms with van der Waals surface area (Å²) in [6.45, 7) is 0. The number of nitrogens with two attached hydrogens (primary N) is 1. The zero-order chi connectivity index (χ0) is 24.6. The lowest BCUT2D eigenvalue weighted by atomic mass is 10.1. The van der Waals surface area contributed by atoms with Gasteiger partial charge in [-0.25, -0.2) is 22.9 Å². The Bertz CT molecular complexity index is 1390. The van der Waals surface area contributed by atoms with Gasteiger partial charge in [0.1, 0.15) is 10.6 Å². The summed E-state index contributed by atoms with van der Waals surface area (Å²) in [7, 11) is -0.727. The Morgan fingerprint density at radius 3 is 2.62 bits per heavy atom. The van der Waals surface area contributed by atoms with Crippen molar-refractivity contribution in [3.05, 3.63) is 59.0 Å². The Balaban J connectivity index is 1.54. The van der Waals surface area contributed by atoms with Crippen LogP contribution in [-0.4, -0.2) is 49.4 Å². The van der Waals surface area contributed by atoms with E-state index in [4.69, 9.17) is 21.5 Å². The molecule has 1 amide bonds. The molecule has 1 aliphatic rings. The maximum absolute atomic E-state index is 14.4. The van der Waals surface area contributed by atoms with Gasteiger partial charge in [0, 0.05) is 37.5 Å². The number of primary sulfonamides is 1. The van der Waals surface area contributed by atoms with Gasteiger partial charge >= 0.3 is 0 Å². The first-order chi connectivity index (χ1) is 16.0. The van der Waals surface area contributed by atoms with E-state index < -0.39 is 21.9 Å². The van der Waals surface area contributed by atoms with Crippen LogP contribution in [0.4, 0.5) is 27.5 Å². The second-order valence-corrected chi connectivity index (χ2v) is 9.63. The summed E-state index contributed by atoms with van der Waals surface area (Å²) in [5, 5.41) is 10.8. The number of rotatable bonds is 6. The first-order valence-electron chi connectivity index (χ1n) is 9.91. The molecule has 34 heavy (non-hydrogen) atoms. The first-order valence-corrected chi connectivity index (χ1v) is 11.8. The third kappa shape index (κ3) is 5.03. The maximum Gasteiger partial charge on any atom is 0.263 e. The van der Waals surface area contributed by atoms with E-state index in [1.165, 1.54) is 23.1 Å². The molecule has 0 radical (unpaired) electrons. The van der Waals surface area contributed by atoms with E-state index >= 15 is 0 Å². The molecule has 4 rings (SSSR count). The van der Waals surface area contributed by atoms with Crippen LogP contribution in [0, 0.1) is 5.82 Å². The predicted molar refractivity (Wildman–Crippen MR) is 125 cm³/mol. The Morgan fingerprint density at radius 1 is 1.21 bits per heavy atom. The molecule has 0 bridgehead atoms. The van der Waals surface area contributed by atoms with E-state index in [1.54, 1.807) is 32.3 Å². The van der Waals surface area contributed by atoms with Crippen LogP contribution >= 0.6 is 11.6 Å². The van der Waals surface area contributed by atoms with E-state index in [2.05, 4.69) is 20.6 Å². The second kappa shape index (κ2) is 9.05. The summed E-state index contributed by atoms with van der Waals surface area (Å²) in [6.07, 6.45) is 0.758. The minimum absolute atomic E-state index is 0.00716. The number of hydrogen-bond acceptors (Lipinski definition) is 8. The van der Waals surface area contributed by atoms with Crippen molar-refractivity contribution in [1.29, 1.82) is 0 Å². The van der Waals surface area contributed by atoms with Gasteiger partial charge in [-0.15, -0.1) is 0 Å². The third-order valence-electron chi connectivity index (χ3n) is 4.95. The van der Waals surface area contributed by atoms with Crippen molar-refractivity contribution >= 4 is 50.7 Å². The normalized spacial score (nSPS) is 14.8. The summed E-state index contributed by atoms with van der Waals surface area (Å²) >= 11 is 5.89. The molecule has 2 heterocycles. The van der Waals surface area contributed by atoms with Crippen molar-refractivity contribution in [2.24, 2.45) is 5.14 Å². The summed E-state index contributed by atoms with van der Waals surface area (Å²) in [5.41, 5.74) is 1.62. The number of sulfonamides is 1. The summed E-state index contributed by atoms with van der Waals surface area (Å²) < 4.78 is 43.4. The van der Waals surface area contributed by atoms with E-state index in [-0.39, 0.29) is 33.3 Å². The van der Waals surface area contributed by atoms with Crippen LogP contribution in [0.5, 0.6) is 5.75 Å². The molecule has 1 aliphatic heterocycles. The largest absolute Gasteiger partial charge is 0.480 e. The highest BCUT2D eigenvalue weighted by Gasteiger charge is 2.30. The molecule has 4 N–H and O–H groups in total. The van der Waals surface area contributed by atoms with Crippen molar-refractivity contribution < 1.29 is 22.3 Å². The van der Waals surface area contributed by atoms with Gasteiger partial charge in [0.2, 0.25) is 16.0 Å². The van der Waals surface area contributed by atoms with E-state index in [0.29, 0.717) is 17.9 Å². The van der Waals surface area contributed by atoms with Crippen molar-refractivity contribution in [3.63, 3.8) is 0 Å². The third-order valence-corrected chi connectivity index (χ3v) is 6.34. The lowest BCUT2D eigenvalue weighted by Gasteiger charge is -2.15. The summed E-state index contributed by atoms with van der Waals surface area (Å²) in [6, 6.07) is 9.21. The Kier molecular flexibility index (Phi) is 6.30. The standard InChI is InChI=1S/C21H20ClFN6O4S/c1-29(2)20(30)17-8-11-7-12(4-6-16(11)33-17)26-19-15(23)10-25-21(28-19)27-13-3-5-14(22)18(9-13)34(24,31)32/h3-7,9-10,17H,8H2,1-2H3,(H2,24,31,32)(H2,25,26,27,28)/t17-/m1/s1. The monoisotopic (exact) mass is 506 g/mol. The smallest absolute Gasteiger partial charge is 0.263 e. The maximum atomic E-state index is 14.4. The van der Waals surface area contributed by atoms with Gasteiger partial charge in [-0.05, 0) is 36.4 Å². The highest BCUT2D eigenvalue weighted by Crippen LogP contribution is 2.33. The number of halogens is 2. The molecule has 1 atom stereocenters. The molecular weight excluding hydrogens is 487 g/mol. The molecule has 3 aromatic rings. The molecule has 0 spiro atoms. The number of carbonyl (C=O) groups is 1. The highest BCUT2D eigenvalue weighted by molar-refractivity contribution is 7.89. The lowest BCUT2D eigenvalue weighted by Crippen LogP contribution is -2.36. The minimum atomic E-state index is -4.04. The fourth-order valence-electron chi connectivity index (χ4n) is 3.33. The molecule has 2 aromatic carbocycles. The van der Waals surface area contributed by atoms with E-state index in [0.717, 1.165) is 11.8 Å². The quantitative estimate of drug-likeness (QED) is 0.463. The van der Waals surface area contributed by atoms with Gasteiger partial charge in [0.15, 0.2) is 17.7 Å². The summed E-state index contributed by atoms with van der Waals surface area (Å²) in [4.78, 5) is 21.4. The number of carbonyl (C=O) groups excluding carboxylic acids is 1. The van der Waals surface area contributed by atoms with Crippen LogP contribution in [0.15, 0.2) is 47.5 Å². The molecule has 10 nitrogen and oxygen atoms in total. The van der Waals surface area contributed by atoms with E-state index in [9.17, 15) is 17.6 Å². The molecule has 0 aliphatic carbocycles. The highest BCUT2D eigenvalue weighted by atomic mass is 35.5. The van der Waals surface area contributed by atoms with Crippen LogP contribution in [0.3, 0.4) is 0 Å². The topological polar surface area (TPSA) is 140 Å². The van der Waals surface area contributed by atoms with Gasteiger partial charge < -0.3 is 20.3 Å². The zero-order valence-electron chi connectivity index (χ0n) is 18.0. The van der Waals surface area contributed by atoms with Gasteiger partial charge in [-0.2, -0.15) is 4.98 Å². The Hall–Kier alpha value is -3.48. The number of hydrogen-bond donors (Lipinski definition) is 3. The number of nitrogens with one attached hydrogen (secondary N) is 2. The molecule has 0 unspecified atom stereocenters. The number of likely N-dealkylation sites (N-methyl/N-ethyl adjacent to an activating group) is 1. The van der Waals surface area contributed by atoms with Gasteiger partial charge in [0.05, 0.1) is 11.2 Å². The molecule has 0 saturated heterocycles. The number of aromatic nitrogens is 2. The van der Waals surface area contributed by atoms with Gasteiger partial charge in [-0.3, -0.25) is 4.79 Å². The number of fused-ring (bicyclic) bond motifs is 1. The Labute approximate surface area is 200 Å². The minimum Gasteiger partial charge on any atom is -0.480 e. The predicted octanol–water partition coefficient (Wildman–Crippen LogP) is 2.80. The van der Waals surface area contributed by atoms with Crippen molar-refractivity contribution in [1.82, 2.24) is 14.9 Å². The zero-order valence-corrected chi connectivity index (χ0v) is 19.6. The van der Waals surface area contributed by atoms with Crippen LogP contribution in [-0.2, 0) is 21.2 Å². The number of amides is 1. The number of anilines is 4. The molecule has 1 aromatic heterocycles. The van der Waals surface area contributed by atoms with Crippen LogP contribution in [0.1, 0.15) is 5.56 Å². The average molecular weight is 507 g/mol. The molecule has 0 saturated carbocycles. The van der Waals surface area contributed by atoms with E-state index in [1.807, 2.05) is 0 Å². The fourth-order valence-corrected chi connectivity index (χ4v) is 4.40. The van der Waals surface area contributed by atoms with Gasteiger partial charge in [0.25, 0.3) is 5.91 Å². The van der Waals surface area contributed by atoms with Crippen LogP contribution < -0.4 is 20.5 Å². The van der Waals surface area contributed by atoms with Crippen LogP contribution in [0.2, 0.25) is 5.02 Å².